The minimum absolute atomic E-state index is 0.0208. The number of Topliss-reactive ketones (excluding diaryl/α,β-unsaturated/α-hetero) is 1. The molecule has 6 nitrogen and oxygen atoms in total. The molecule has 0 N–H and O–H groups in total. The van der Waals surface area contributed by atoms with E-state index in [0.29, 0.717) is 24.4 Å². The van der Waals surface area contributed by atoms with Gasteiger partial charge >= 0.3 is 0 Å². The molecule has 21 heavy (non-hydrogen) atoms. The Labute approximate surface area is 122 Å². The first-order chi connectivity index (χ1) is 9.87. The Bertz CT molecular complexity index is 612. The van der Waals surface area contributed by atoms with Gasteiger partial charge in [0.15, 0.2) is 5.78 Å². The molecule has 0 radical (unpaired) electrons. The van der Waals surface area contributed by atoms with Crippen LogP contribution >= 0.6 is 0 Å². The second kappa shape index (κ2) is 4.72. The van der Waals surface area contributed by atoms with Crippen molar-refractivity contribution in [2.45, 2.75) is 44.8 Å². The van der Waals surface area contributed by atoms with Gasteiger partial charge in [-0.25, -0.2) is 0 Å². The van der Waals surface area contributed by atoms with Crippen molar-refractivity contribution in [1.29, 1.82) is 0 Å². The maximum atomic E-state index is 12.1. The molecule has 1 saturated carbocycles. The lowest BCUT2D eigenvalue weighted by molar-refractivity contribution is -0.384. The van der Waals surface area contributed by atoms with Crippen LogP contribution in [0, 0.1) is 10.1 Å². The Balaban J connectivity index is 2.06. The van der Waals surface area contributed by atoms with Gasteiger partial charge in [0.1, 0.15) is 11.4 Å². The van der Waals surface area contributed by atoms with Crippen LogP contribution in [0.2, 0.25) is 0 Å². The van der Waals surface area contributed by atoms with Gasteiger partial charge in [0.2, 0.25) is 0 Å². The number of hydrogen-bond donors (Lipinski definition) is 0. The highest BCUT2D eigenvalue weighted by molar-refractivity contribution is 5.90. The monoisotopic (exact) mass is 290 g/mol. The summed E-state index contributed by atoms with van der Waals surface area (Å²) in [6.07, 6.45) is 2.27. The summed E-state index contributed by atoms with van der Waals surface area (Å²) in [5.41, 5.74) is 0.253. The number of anilines is 1. The van der Waals surface area contributed by atoms with Crippen LogP contribution in [0.4, 0.5) is 11.4 Å². The quantitative estimate of drug-likeness (QED) is 0.618. The van der Waals surface area contributed by atoms with E-state index < -0.39 is 10.5 Å². The van der Waals surface area contributed by atoms with Crippen molar-refractivity contribution in [1.82, 2.24) is 0 Å². The number of ketones is 1. The van der Waals surface area contributed by atoms with Gasteiger partial charge in [0.25, 0.3) is 5.69 Å². The predicted octanol–water partition coefficient (Wildman–Crippen LogP) is 2.69. The van der Waals surface area contributed by atoms with Gasteiger partial charge in [0.05, 0.1) is 23.2 Å². The molecule has 0 aromatic heterocycles. The Kier molecular flexibility index (Phi) is 3.11. The molecule has 0 saturated heterocycles. The van der Waals surface area contributed by atoms with Gasteiger partial charge in [0, 0.05) is 18.6 Å². The van der Waals surface area contributed by atoms with Crippen molar-refractivity contribution >= 4 is 17.2 Å². The first kappa shape index (κ1) is 13.9. The summed E-state index contributed by atoms with van der Waals surface area (Å²) in [6.45, 7) is 4.48. The molecule has 6 heteroatoms. The van der Waals surface area contributed by atoms with Crippen LogP contribution in [-0.2, 0) is 4.79 Å². The van der Waals surface area contributed by atoms with Crippen molar-refractivity contribution < 1.29 is 14.5 Å². The molecule has 1 atom stereocenters. The lowest BCUT2D eigenvalue weighted by atomic mass is 10.0. The van der Waals surface area contributed by atoms with E-state index >= 15 is 0 Å². The Morgan fingerprint density at radius 3 is 2.81 bits per heavy atom. The van der Waals surface area contributed by atoms with Crippen LogP contribution in [0.25, 0.3) is 0 Å². The fourth-order valence-corrected chi connectivity index (χ4v) is 3.16. The molecule has 2 aliphatic rings. The number of nitro benzene ring substituents is 1. The van der Waals surface area contributed by atoms with Gasteiger partial charge in [-0.1, -0.05) is 0 Å². The molecule has 1 unspecified atom stereocenters. The maximum Gasteiger partial charge on any atom is 0.271 e. The molecule has 112 valence electrons. The molecule has 3 rings (SSSR count). The number of rotatable bonds is 2. The molecule has 0 spiro atoms. The van der Waals surface area contributed by atoms with Crippen LogP contribution in [0.5, 0.6) is 5.75 Å². The van der Waals surface area contributed by atoms with Crippen LogP contribution < -0.4 is 9.64 Å². The topological polar surface area (TPSA) is 72.7 Å². The van der Waals surface area contributed by atoms with E-state index in [2.05, 4.69) is 0 Å². The molecule has 1 heterocycles. The van der Waals surface area contributed by atoms with Gasteiger partial charge in [-0.05, 0) is 32.8 Å². The normalized spacial score (nSPS) is 23.6. The number of carbonyl (C=O) groups excluding carboxylic acids is 1. The molecule has 1 aromatic rings. The lowest BCUT2D eigenvalue weighted by Gasteiger charge is -2.43. The average molecular weight is 290 g/mol. The van der Waals surface area contributed by atoms with E-state index in [1.54, 1.807) is 6.07 Å². The molecule has 1 aliphatic heterocycles. The van der Waals surface area contributed by atoms with Crippen LogP contribution in [-0.4, -0.2) is 28.9 Å². The zero-order chi connectivity index (χ0) is 15.2. The molecule has 1 fully saturated rings. The summed E-state index contributed by atoms with van der Waals surface area (Å²) in [6, 6.07) is 4.39. The van der Waals surface area contributed by atoms with Gasteiger partial charge in [-0.3, -0.25) is 14.9 Å². The number of benzene rings is 1. The fraction of sp³-hybridized carbons (Fsp3) is 0.533. The first-order valence-corrected chi connectivity index (χ1v) is 7.14. The number of nitro groups is 1. The van der Waals surface area contributed by atoms with Crippen molar-refractivity contribution in [2.24, 2.45) is 0 Å². The number of non-ortho nitro benzene ring substituents is 1. The average Bonchev–Trinajstić information content (AvgIpc) is 2.82. The predicted molar refractivity (Wildman–Crippen MR) is 77.8 cm³/mol. The van der Waals surface area contributed by atoms with E-state index in [1.165, 1.54) is 12.1 Å². The molecule has 1 aliphatic carbocycles. The second-order valence-corrected chi connectivity index (χ2v) is 6.27. The van der Waals surface area contributed by atoms with Gasteiger partial charge in [-0.2, -0.15) is 0 Å². The van der Waals surface area contributed by atoms with Crippen molar-refractivity contribution in [3.8, 4) is 5.75 Å². The zero-order valence-corrected chi connectivity index (χ0v) is 12.2. The third-order valence-electron chi connectivity index (χ3n) is 4.05. The summed E-state index contributed by atoms with van der Waals surface area (Å²) in [5.74, 6) is 0.821. The summed E-state index contributed by atoms with van der Waals surface area (Å²) >= 11 is 0. The molecular formula is C15H18N2O4. The Morgan fingerprint density at radius 2 is 2.19 bits per heavy atom. The molecule has 0 bridgehead atoms. The fourth-order valence-electron chi connectivity index (χ4n) is 3.16. The van der Waals surface area contributed by atoms with Crippen LogP contribution in [0.3, 0.4) is 0 Å². The summed E-state index contributed by atoms with van der Waals surface area (Å²) in [7, 11) is 0. The zero-order valence-electron chi connectivity index (χ0n) is 12.2. The molecular weight excluding hydrogens is 272 g/mol. The minimum atomic E-state index is -0.425. The van der Waals surface area contributed by atoms with E-state index in [-0.39, 0.29) is 17.5 Å². The highest BCUT2D eigenvalue weighted by Gasteiger charge is 2.39. The maximum absolute atomic E-state index is 12.1. The highest BCUT2D eigenvalue weighted by atomic mass is 16.6. The van der Waals surface area contributed by atoms with E-state index in [1.807, 2.05) is 18.7 Å². The number of fused-ring (bicyclic) bond motifs is 1. The van der Waals surface area contributed by atoms with E-state index in [0.717, 1.165) is 12.8 Å². The van der Waals surface area contributed by atoms with Gasteiger partial charge in [-0.15, -0.1) is 0 Å². The number of carbonyl (C=O) groups is 1. The number of nitrogens with zero attached hydrogens (tertiary/aromatic N) is 2. The summed E-state index contributed by atoms with van der Waals surface area (Å²) in [4.78, 5) is 24.6. The third kappa shape index (κ3) is 2.46. The number of ether oxygens (including phenoxy) is 1. The van der Waals surface area contributed by atoms with E-state index in [9.17, 15) is 14.9 Å². The summed E-state index contributed by atoms with van der Waals surface area (Å²) < 4.78 is 5.90. The van der Waals surface area contributed by atoms with Crippen LogP contribution in [0.15, 0.2) is 18.2 Å². The van der Waals surface area contributed by atoms with E-state index in [4.69, 9.17) is 4.74 Å². The Morgan fingerprint density at radius 1 is 1.43 bits per heavy atom. The smallest absolute Gasteiger partial charge is 0.271 e. The Hall–Kier alpha value is -2.11. The standard InChI is InChI=1S/C15H18N2O4/c1-15(2)9-16(11-4-3-5-13(11)18)12-8-10(17(19)20)6-7-14(12)21-15/h6-8,11H,3-5,9H2,1-2H3. The van der Waals surface area contributed by atoms with Crippen LogP contribution in [0.1, 0.15) is 33.1 Å². The minimum Gasteiger partial charge on any atom is -0.484 e. The number of hydrogen-bond acceptors (Lipinski definition) is 5. The molecule has 0 amide bonds. The lowest BCUT2D eigenvalue weighted by Crippen LogP contribution is -2.52. The van der Waals surface area contributed by atoms with Crippen molar-refractivity contribution in [3.63, 3.8) is 0 Å². The van der Waals surface area contributed by atoms with Gasteiger partial charge < -0.3 is 9.64 Å². The second-order valence-electron chi connectivity index (χ2n) is 6.27. The molecule has 1 aromatic carbocycles. The largest absolute Gasteiger partial charge is 0.484 e. The first-order valence-electron chi connectivity index (χ1n) is 7.14. The SMILES string of the molecule is CC1(C)CN(C2CCCC2=O)c2cc([N+](=O)[O-])ccc2O1. The van der Waals surface area contributed by atoms with Crippen molar-refractivity contribution in [3.05, 3.63) is 28.3 Å². The third-order valence-corrected chi connectivity index (χ3v) is 4.05. The van der Waals surface area contributed by atoms with Crippen molar-refractivity contribution in [2.75, 3.05) is 11.4 Å². The summed E-state index contributed by atoms with van der Waals surface area (Å²) in [5, 5.41) is 11.0. The highest BCUT2D eigenvalue weighted by Crippen LogP contribution is 2.42.